The lowest BCUT2D eigenvalue weighted by molar-refractivity contribution is 0.514. The van der Waals surface area contributed by atoms with Crippen LogP contribution in [0.3, 0.4) is 0 Å². The molecule has 0 heterocycles. The lowest BCUT2D eigenvalue weighted by Gasteiger charge is -2.17. The van der Waals surface area contributed by atoms with Gasteiger partial charge in [0.1, 0.15) is 5.82 Å². The summed E-state index contributed by atoms with van der Waals surface area (Å²) in [5.41, 5.74) is 3.63. The number of nitrogens with one attached hydrogen (secondary N) is 1. The molecule has 0 fully saturated rings. The molecule has 106 valence electrons. The summed E-state index contributed by atoms with van der Waals surface area (Å²) in [6, 6.07) is 15.7. The van der Waals surface area contributed by atoms with E-state index in [2.05, 4.69) is 43.4 Å². The van der Waals surface area contributed by atoms with Crippen molar-refractivity contribution in [3.63, 3.8) is 0 Å². The van der Waals surface area contributed by atoms with Gasteiger partial charge in [-0.1, -0.05) is 50.2 Å². The van der Waals surface area contributed by atoms with Gasteiger partial charge in [0, 0.05) is 12.6 Å². The molecule has 1 atom stereocenters. The Morgan fingerprint density at radius 1 is 1.00 bits per heavy atom. The smallest absolute Gasteiger partial charge is 0.123 e. The van der Waals surface area contributed by atoms with E-state index in [0.717, 1.165) is 24.9 Å². The van der Waals surface area contributed by atoms with E-state index in [-0.39, 0.29) is 11.9 Å². The number of benzene rings is 2. The lowest BCUT2D eigenvalue weighted by atomic mass is 10.0. The van der Waals surface area contributed by atoms with Crippen molar-refractivity contribution in [2.45, 2.75) is 39.3 Å². The molecule has 2 rings (SSSR count). The van der Waals surface area contributed by atoms with Gasteiger partial charge >= 0.3 is 0 Å². The van der Waals surface area contributed by atoms with Gasteiger partial charge in [0.25, 0.3) is 0 Å². The summed E-state index contributed by atoms with van der Waals surface area (Å²) in [4.78, 5) is 0. The first-order chi connectivity index (χ1) is 9.72. The van der Waals surface area contributed by atoms with Crippen LogP contribution >= 0.6 is 0 Å². The molecule has 0 saturated carbocycles. The number of halogens is 1. The average molecular weight is 271 g/mol. The highest BCUT2D eigenvalue weighted by Crippen LogP contribution is 2.18. The molecular formula is C18H22FN. The Kier molecular flexibility index (Phi) is 5.31. The fourth-order valence-corrected chi connectivity index (χ4v) is 2.36. The van der Waals surface area contributed by atoms with Crippen LogP contribution in [0.25, 0.3) is 0 Å². The third-order valence-electron chi connectivity index (χ3n) is 3.64. The molecule has 2 aromatic rings. The zero-order valence-electron chi connectivity index (χ0n) is 12.2. The molecule has 0 spiro atoms. The average Bonchev–Trinajstić information content (AvgIpc) is 2.48. The summed E-state index contributed by atoms with van der Waals surface area (Å²) < 4.78 is 13.3. The Morgan fingerprint density at radius 3 is 2.30 bits per heavy atom. The van der Waals surface area contributed by atoms with Crippen molar-refractivity contribution < 1.29 is 4.39 Å². The van der Waals surface area contributed by atoms with Gasteiger partial charge in [0.2, 0.25) is 0 Å². The summed E-state index contributed by atoms with van der Waals surface area (Å²) >= 11 is 0. The number of rotatable bonds is 6. The molecule has 0 amide bonds. The van der Waals surface area contributed by atoms with Crippen molar-refractivity contribution in [1.82, 2.24) is 5.32 Å². The SMILES string of the molecule is CCc1ccc(CNC(CC)c2cccc(F)c2)cc1. The summed E-state index contributed by atoms with van der Waals surface area (Å²) in [5.74, 6) is -0.171. The van der Waals surface area contributed by atoms with E-state index in [1.54, 1.807) is 12.1 Å². The second kappa shape index (κ2) is 7.20. The molecule has 2 aromatic carbocycles. The van der Waals surface area contributed by atoms with Crippen molar-refractivity contribution in [2.75, 3.05) is 0 Å². The fourth-order valence-electron chi connectivity index (χ4n) is 2.36. The van der Waals surface area contributed by atoms with Crippen molar-refractivity contribution in [3.05, 3.63) is 71.0 Å². The molecule has 20 heavy (non-hydrogen) atoms. The maximum Gasteiger partial charge on any atom is 0.123 e. The van der Waals surface area contributed by atoms with Gasteiger partial charge in [0.15, 0.2) is 0 Å². The van der Waals surface area contributed by atoms with E-state index >= 15 is 0 Å². The van der Waals surface area contributed by atoms with Crippen molar-refractivity contribution in [1.29, 1.82) is 0 Å². The van der Waals surface area contributed by atoms with Crippen LogP contribution in [-0.2, 0) is 13.0 Å². The monoisotopic (exact) mass is 271 g/mol. The Labute approximate surface area is 120 Å². The topological polar surface area (TPSA) is 12.0 Å². The predicted octanol–water partition coefficient (Wildman–Crippen LogP) is 4.63. The number of hydrogen-bond donors (Lipinski definition) is 1. The van der Waals surface area contributed by atoms with Gasteiger partial charge in [-0.3, -0.25) is 0 Å². The molecule has 0 bridgehead atoms. The summed E-state index contributed by atoms with van der Waals surface area (Å²) in [6.07, 6.45) is 2.01. The van der Waals surface area contributed by atoms with Crippen molar-refractivity contribution in [2.24, 2.45) is 0 Å². The van der Waals surface area contributed by atoms with E-state index in [1.807, 2.05) is 6.07 Å². The Morgan fingerprint density at radius 2 is 1.70 bits per heavy atom. The quantitative estimate of drug-likeness (QED) is 0.807. The summed E-state index contributed by atoms with van der Waals surface area (Å²) in [6.45, 7) is 5.08. The largest absolute Gasteiger partial charge is 0.306 e. The van der Waals surface area contributed by atoms with Crippen LogP contribution in [0.15, 0.2) is 48.5 Å². The Balaban J connectivity index is 1.99. The Hall–Kier alpha value is -1.67. The maximum absolute atomic E-state index is 13.3. The van der Waals surface area contributed by atoms with Gasteiger partial charge in [-0.25, -0.2) is 4.39 Å². The van der Waals surface area contributed by atoms with E-state index in [4.69, 9.17) is 0 Å². The minimum absolute atomic E-state index is 0.171. The molecular weight excluding hydrogens is 249 g/mol. The molecule has 2 heteroatoms. The summed E-state index contributed by atoms with van der Waals surface area (Å²) in [7, 11) is 0. The highest BCUT2D eigenvalue weighted by atomic mass is 19.1. The van der Waals surface area contributed by atoms with Crippen molar-refractivity contribution in [3.8, 4) is 0 Å². The van der Waals surface area contributed by atoms with Gasteiger partial charge in [-0.15, -0.1) is 0 Å². The second-order valence-electron chi connectivity index (χ2n) is 5.07. The summed E-state index contributed by atoms with van der Waals surface area (Å²) in [5, 5.41) is 3.50. The van der Waals surface area contributed by atoms with Gasteiger partial charge in [-0.05, 0) is 41.7 Å². The fraction of sp³-hybridized carbons (Fsp3) is 0.333. The normalized spacial score (nSPS) is 12.3. The molecule has 1 nitrogen and oxygen atoms in total. The minimum atomic E-state index is -0.171. The van der Waals surface area contributed by atoms with Crippen LogP contribution in [0.2, 0.25) is 0 Å². The zero-order valence-corrected chi connectivity index (χ0v) is 12.2. The van der Waals surface area contributed by atoms with Crippen LogP contribution in [0.1, 0.15) is 43.0 Å². The highest BCUT2D eigenvalue weighted by Gasteiger charge is 2.09. The van der Waals surface area contributed by atoms with Crippen LogP contribution in [0.4, 0.5) is 4.39 Å². The zero-order chi connectivity index (χ0) is 14.4. The van der Waals surface area contributed by atoms with Gasteiger partial charge in [-0.2, -0.15) is 0 Å². The Bertz CT molecular complexity index is 533. The molecule has 1 N–H and O–H groups in total. The molecule has 0 aliphatic heterocycles. The first kappa shape index (κ1) is 14.7. The maximum atomic E-state index is 13.3. The molecule has 0 radical (unpaired) electrons. The standard InChI is InChI=1S/C18H22FN/c1-3-14-8-10-15(11-9-14)13-20-18(4-2)16-6-5-7-17(19)12-16/h5-12,18,20H,3-4,13H2,1-2H3. The third-order valence-corrected chi connectivity index (χ3v) is 3.64. The van der Waals surface area contributed by atoms with E-state index < -0.39 is 0 Å². The first-order valence-corrected chi connectivity index (χ1v) is 7.29. The molecule has 0 saturated heterocycles. The van der Waals surface area contributed by atoms with Crippen LogP contribution in [0, 0.1) is 5.82 Å². The molecule has 0 aliphatic rings. The van der Waals surface area contributed by atoms with Crippen molar-refractivity contribution >= 4 is 0 Å². The van der Waals surface area contributed by atoms with E-state index in [0.29, 0.717) is 0 Å². The second-order valence-corrected chi connectivity index (χ2v) is 5.07. The third kappa shape index (κ3) is 3.91. The highest BCUT2D eigenvalue weighted by molar-refractivity contribution is 5.23. The molecule has 0 aromatic heterocycles. The van der Waals surface area contributed by atoms with E-state index in [9.17, 15) is 4.39 Å². The first-order valence-electron chi connectivity index (χ1n) is 7.29. The van der Waals surface area contributed by atoms with E-state index in [1.165, 1.54) is 17.2 Å². The molecule has 0 aliphatic carbocycles. The van der Waals surface area contributed by atoms with Gasteiger partial charge < -0.3 is 5.32 Å². The van der Waals surface area contributed by atoms with Crippen LogP contribution in [0.5, 0.6) is 0 Å². The van der Waals surface area contributed by atoms with Gasteiger partial charge in [0.05, 0.1) is 0 Å². The number of hydrogen-bond acceptors (Lipinski definition) is 1. The van der Waals surface area contributed by atoms with Crippen LogP contribution < -0.4 is 5.32 Å². The molecule has 1 unspecified atom stereocenters. The predicted molar refractivity (Wildman–Crippen MR) is 82.1 cm³/mol. The number of aryl methyl sites for hydroxylation is 1. The lowest BCUT2D eigenvalue weighted by Crippen LogP contribution is -2.20. The van der Waals surface area contributed by atoms with Crippen LogP contribution in [-0.4, -0.2) is 0 Å². The minimum Gasteiger partial charge on any atom is -0.306 e.